The highest BCUT2D eigenvalue weighted by atomic mass is 16.5. The topological polar surface area (TPSA) is 87.7 Å². The number of urea groups is 1. The van der Waals surface area contributed by atoms with E-state index in [-0.39, 0.29) is 36.9 Å². The Morgan fingerprint density at radius 1 is 0.917 bits per heavy atom. The number of aryl methyl sites for hydroxylation is 1. The van der Waals surface area contributed by atoms with Crippen LogP contribution in [0.2, 0.25) is 0 Å². The molecule has 7 heteroatoms. The van der Waals surface area contributed by atoms with Crippen LogP contribution in [0.25, 0.3) is 0 Å². The van der Waals surface area contributed by atoms with Gasteiger partial charge in [0, 0.05) is 5.69 Å². The average Bonchev–Trinajstić information content (AvgIpc) is 3.33. The van der Waals surface area contributed by atoms with Crippen molar-refractivity contribution >= 4 is 23.6 Å². The van der Waals surface area contributed by atoms with E-state index in [1.807, 2.05) is 47.4 Å². The molecule has 0 bridgehead atoms. The number of methoxy groups -OCH3 is 1. The Morgan fingerprint density at radius 2 is 1.64 bits per heavy atom. The summed E-state index contributed by atoms with van der Waals surface area (Å²) in [6.45, 7) is 1.94. The summed E-state index contributed by atoms with van der Waals surface area (Å²) < 4.78 is 4.70. The van der Waals surface area contributed by atoms with Gasteiger partial charge in [-0.15, -0.1) is 0 Å². The van der Waals surface area contributed by atoms with Crippen LogP contribution in [0.1, 0.15) is 47.2 Å². The van der Waals surface area contributed by atoms with E-state index in [2.05, 4.69) is 29.7 Å². The van der Waals surface area contributed by atoms with Crippen molar-refractivity contribution in [2.24, 2.45) is 0 Å². The number of hydrogen-bond donors (Lipinski definition) is 2. The minimum atomic E-state index is -0.485. The van der Waals surface area contributed by atoms with E-state index in [1.54, 1.807) is 24.3 Å². The maximum atomic E-state index is 13.5. The zero-order valence-corrected chi connectivity index (χ0v) is 20.6. The molecule has 1 aliphatic heterocycles. The first-order valence-electron chi connectivity index (χ1n) is 12.1. The Morgan fingerprint density at radius 3 is 2.39 bits per heavy atom. The highest BCUT2D eigenvalue weighted by Crippen LogP contribution is 2.44. The zero-order valence-electron chi connectivity index (χ0n) is 20.6. The van der Waals surface area contributed by atoms with Gasteiger partial charge in [0.2, 0.25) is 5.91 Å². The number of hydrogen-bond acceptors (Lipinski definition) is 4. The second kappa shape index (κ2) is 11.5. The van der Waals surface area contributed by atoms with Gasteiger partial charge in [-0.25, -0.2) is 4.79 Å². The minimum Gasteiger partial charge on any atom is -0.469 e. The summed E-state index contributed by atoms with van der Waals surface area (Å²) in [5, 5.41) is 5.45. The zero-order chi connectivity index (χ0) is 25.5. The van der Waals surface area contributed by atoms with Crippen LogP contribution in [-0.4, -0.2) is 36.5 Å². The van der Waals surface area contributed by atoms with Gasteiger partial charge in [0.15, 0.2) is 0 Å². The normalized spacial score (nSPS) is 16.9. The smallest absolute Gasteiger partial charge is 0.319 e. The first-order chi connectivity index (χ1) is 17.5. The van der Waals surface area contributed by atoms with Gasteiger partial charge in [0.1, 0.15) is 0 Å². The van der Waals surface area contributed by atoms with Crippen LogP contribution in [0, 0.1) is 6.92 Å². The van der Waals surface area contributed by atoms with E-state index in [4.69, 9.17) is 4.74 Å². The summed E-state index contributed by atoms with van der Waals surface area (Å²) in [7, 11) is 1.33. The fourth-order valence-corrected chi connectivity index (χ4v) is 4.85. The minimum absolute atomic E-state index is 0.0521. The Labute approximate surface area is 211 Å². The third-order valence-corrected chi connectivity index (χ3v) is 6.57. The van der Waals surface area contributed by atoms with Crippen LogP contribution >= 0.6 is 0 Å². The maximum absolute atomic E-state index is 13.5. The molecule has 3 aromatic carbocycles. The molecule has 1 fully saturated rings. The molecule has 7 nitrogen and oxygen atoms in total. The van der Waals surface area contributed by atoms with Gasteiger partial charge in [-0.3, -0.25) is 9.59 Å². The SMILES string of the molecule is COC(=O)Cc1cccc(NC(=O)NCC(=O)N2C(c3ccccc3)CCC2c2ccccc2C)c1. The molecule has 3 aromatic rings. The molecule has 4 rings (SSSR count). The highest BCUT2D eigenvalue weighted by molar-refractivity contribution is 5.92. The van der Waals surface area contributed by atoms with Crippen molar-refractivity contribution < 1.29 is 19.1 Å². The molecule has 0 aromatic heterocycles. The third-order valence-electron chi connectivity index (χ3n) is 6.57. The van der Waals surface area contributed by atoms with Gasteiger partial charge in [-0.2, -0.15) is 0 Å². The molecule has 0 radical (unpaired) electrons. The molecule has 0 spiro atoms. The predicted molar refractivity (Wildman–Crippen MR) is 138 cm³/mol. The van der Waals surface area contributed by atoms with Gasteiger partial charge in [-0.1, -0.05) is 66.7 Å². The van der Waals surface area contributed by atoms with Crippen LogP contribution in [0.4, 0.5) is 10.5 Å². The Balaban J connectivity index is 1.45. The summed E-state index contributed by atoms with van der Waals surface area (Å²) in [6, 6.07) is 24.6. The van der Waals surface area contributed by atoms with Crippen LogP contribution < -0.4 is 10.6 Å². The molecule has 1 heterocycles. The first kappa shape index (κ1) is 25.0. The molecule has 0 aliphatic carbocycles. The fourth-order valence-electron chi connectivity index (χ4n) is 4.85. The third kappa shape index (κ3) is 5.92. The van der Waals surface area contributed by atoms with E-state index in [1.165, 1.54) is 7.11 Å². The first-order valence-corrected chi connectivity index (χ1v) is 12.1. The molecular formula is C29H31N3O4. The lowest BCUT2D eigenvalue weighted by atomic mass is 9.99. The summed E-state index contributed by atoms with van der Waals surface area (Å²) in [5.41, 5.74) is 4.62. The van der Waals surface area contributed by atoms with Crippen molar-refractivity contribution in [2.45, 2.75) is 38.3 Å². The summed E-state index contributed by atoms with van der Waals surface area (Å²) >= 11 is 0. The number of nitrogens with zero attached hydrogens (tertiary/aromatic N) is 1. The number of anilines is 1. The molecule has 2 N–H and O–H groups in total. The number of benzene rings is 3. The molecule has 186 valence electrons. The molecular weight excluding hydrogens is 454 g/mol. The van der Waals surface area contributed by atoms with Crippen molar-refractivity contribution in [1.82, 2.24) is 10.2 Å². The predicted octanol–water partition coefficient (Wildman–Crippen LogP) is 4.94. The quantitative estimate of drug-likeness (QED) is 0.464. The maximum Gasteiger partial charge on any atom is 0.319 e. The van der Waals surface area contributed by atoms with E-state index in [0.717, 1.165) is 35.1 Å². The average molecular weight is 486 g/mol. The lowest BCUT2D eigenvalue weighted by Gasteiger charge is -2.32. The van der Waals surface area contributed by atoms with Crippen molar-refractivity contribution in [3.05, 3.63) is 101 Å². The number of nitrogens with one attached hydrogen (secondary N) is 2. The number of rotatable bonds is 7. The lowest BCUT2D eigenvalue weighted by Crippen LogP contribution is -2.42. The Hall–Kier alpha value is -4.13. The van der Waals surface area contributed by atoms with E-state index < -0.39 is 6.03 Å². The van der Waals surface area contributed by atoms with E-state index in [9.17, 15) is 14.4 Å². The molecule has 1 saturated heterocycles. The van der Waals surface area contributed by atoms with E-state index >= 15 is 0 Å². The standard InChI is InChI=1S/C29H31N3O4/c1-20-9-6-7-14-24(20)26-16-15-25(22-11-4-3-5-12-22)32(26)27(33)19-30-29(35)31-23-13-8-10-21(17-23)18-28(34)36-2/h3-14,17,25-26H,15-16,18-19H2,1-2H3,(H2,30,31,35). The second-order valence-corrected chi connectivity index (χ2v) is 8.94. The molecule has 0 saturated carbocycles. The molecule has 3 amide bonds. The van der Waals surface area contributed by atoms with Gasteiger partial charge in [0.25, 0.3) is 0 Å². The van der Waals surface area contributed by atoms with Gasteiger partial charge in [0.05, 0.1) is 32.2 Å². The van der Waals surface area contributed by atoms with Gasteiger partial charge in [-0.05, 0) is 54.2 Å². The second-order valence-electron chi connectivity index (χ2n) is 8.94. The largest absolute Gasteiger partial charge is 0.469 e. The Bertz CT molecular complexity index is 1230. The van der Waals surface area contributed by atoms with Crippen LogP contribution in [-0.2, 0) is 20.7 Å². The Kier molecular flexibility index (Phi) is 8.00. The number of carbonyl (C=O) groups is 3. The lowest BCUT2D eigenvalue weighted by molar-refractivity contribution is -0.139. The summed E-state index contributed by atoms with van der Waals surface area (Å²) in [5.74, 6) is -0.492. The van der Waals surface area contributed by atoms with Crippen molar-refractivity contribution in [3.63, 3.8) is 0 Å². The monoisotopic (exact) mass is 485 g/mol. The number of esters is 1. The highest BCUT2D eigenvalue weighted by Gasteiger charge is 2.38. The molecule has 36 heavy (non-hydrogen) atoms. The van der Waals surface area contributed by atoms with Crippen LogP contribution in [0.3, 0.4) is 0 Å². The number of ether oxygens (including phenoxy) is 1. The fraction of sp³-hybridized carbons (Fsp3) is 0.276. The summed E-state index contributed by atoms with van der Waals surface area (Å²) in [4.78, 5) is 39.6. The van der Waals surface area contributed by atoms with Crippen molar-refractivity contribution in [1.29, 1.82) is 0 Å². The number of amides is 3. The van der Waals surface area contributed by atoms with Crippen molar-refractivity contribution in [3.8, 4) is 0 Å². The molecule has 1 aliphatic rings. The van der Waals surface area contributed by atoms with Gasteiger partial charge >= 0.3 is 12.0 Å². The van der Waals surface area contributed by atoms with Gasteiger partial charge < -0.3 is 20.3 Å². The molecule has 2 atom stereocenters. The summed E-state index contributed by atoms with van der Waals surface area (Å²) in [6.07, 6.45) is 1.82. The number of likely N-dealkylation sites (tertiary alicyclic amines) is 1. The van der Waals surface area contributed by atoms with Crippen LogP contribution in [0.5, 0.6) is 0 Å². The number of carbonyl (C=O) groups excluding carboxylic acids is 3. The van der Waals surface area contributed by atoms with Crippen LogP contribution in [0.15, 0.2) is 78.9 Å². The molecule has 2 unspecified atom stereocenters. The van der Waals surface area contributed by atoms with E-state index in [0.29, 0.717) is 5.69 Å². The van der Waals surface area contributed by atoms with Crippen molar-refractivity contribution in [2.75, 3.05) is 19.0 Å².